The van der Waals surface area contributed by atoms with Crippen molar-refractivity contribution in [2.75, 3.05) is 13.7 Å². The molecule has 0 aliphatic carbocycles. The molecule has 0 atom stereocenters. The zero-order valence-corrected chi connectivity index (χ0v) is 13.5. The fourth-order valence-electron chi connectivity index (χ4n) is 1.46. The Hall–Kier alpha value is 0.229. The molecule has 0 amide bonds. The van der Waals surface area contributed by atoms with Gasteiger partial charge in [-0.25, -0.2) is 0 Å². The molecular formula is C11H24O3Sn. The SMILES string of the molecule is CCC[CH2][SnH]([CH2]CCC)[O]C(=O)COC. The molecule has 0 bridgehead atoms. The number of carbonyl (C=O) groups excluding carboxylic acids is 1. The van der Waals surface area contributed by atoms with Crippen molar-refractivity contribution in [1.29, 1.82) is 0 Å². The first-order valence-electron chi connectivity index (χ1n) is 5.93. The fourth-order valence-corrected chi connectivity index (χ4v) is 9.15. The summed E-state index contributed by atoms with van der Waals surface area (Å²) in [7, 11) is 1.53. The van der Waals surface area contributed by atoms with Crippen LogP contribution in [-0.4, -0.2) is 39.9 Å². The van der Waals surface area contributed by atoms with E-state index in [4.69, 9.17) is 7.81 Å². The predicted octanol–water partition coefficient (Wildman–Crippen LogP) is 2.50. The van der Waals surface area contributed by atoms with Gasteiger partial charge < -0.3 is 0 Å². The summed E-state index contributed by atoms with van der Waals surface area (Å²) in [6, 6.07) is 0. The Morgan fingerprint density at radius 2 is 1.67 bits per heavy atom. The van der Waals surface area contributed by atoms with Gasteiger partial charge in [0.25, 0.3) is 0 Å². The molecule has 0 rings (SSSR count). The van der Waals surface area contributed by atoms with E-state index >= 15 is 0 Å². The zero-order chi connectivity index (χ0) is 11.5. The number of methoxy groups -OCH3 is 1. The van der Waals surface area contributed by atoms with E-state index in [-0.39, 0.29) is 12.6 Å². The molecule has 0 aliphatic heterocycles. The van der Waals surface area contributed by atoms with Gasteiger partial charge in [0.2, 0.25) is 0 Å². The molecule has 0 saturated carbocycles. The van der Waals surface area contributed by atoms with Crippen LogP contribution in [0.25, 0.3) is 0 Å². The van der Waals surface area contributed by atoms with E-state index < -0.39 is 20.2 Å². The van der Waals surface area contributed by atoms with E-state index in [9.17, 15) is 4.79 Å². The van der Waals surface area contributed by atoms with E-state index in [2.05, 4.69) is 13.8 Å². The van der Waals surface area contributed by atoms with E-state index in [1.54, 1.807) is 0 Å². The van der Waals surface area contributed by atoms with Gasteiger partial charge in [0.05, 0.1) is 0 Å². The first-order chi connectivity index (χ1) is 7.24. The van der Waals surface area contributed by atoms with Gasteiger partial charge in [-0.3, -0.25) is 0 Å². The molecule has 0 heterocycles. The van der Waals surface area contributed by atoms with Gasteiger partial charge in [0.15, 0.2) is 0 Å². The molecule has 0 aromatic rings. The summed E-state index contributed by atoms with van der Waals surface area (Å²) in [5.74, 6) is -0.148. The molecule has 0 unspecified atom stereocenters. The van der Waals surface area contributed by atoms with Gasteiger partial charge in [0.1, 0.15) is 0 Å². The standard InChI is InChI=1S/2C4H9.C3H6O3.Sn.H/c2*1-3-4-2;1-6-2-3(4)5;;/h2*1,3-4H2,2H3;2H2,1H3,(H,4,5);;/q;;;+1;/p-1. The van der Waals surface area contributed by atoms with Crippen molar-refractivity contribution in [1.82, 2.24) is 0 Å². The Bertz CT molecular complexity index is 154. The Kier molecular flexibility index (Phi) is 10.9. The quantitative estimate of drug-likeness (QED) is 0.612. The molecule has 0 aromatic heterocycles. The van der Waals surface area contributed by atoms with Gasteiger partial charge in [-0.05, 0) is 0 Å². The number of hydrogen-bond acceptors (Lipinski definition) is 3. The van der Waals surface area contributed by atoms with Crippen molar-refractivity contribution >= 4 is 26.1 Å². The minimum atomic E-state index is -1.99. The van der Waals surface area contributed by atoms with Crippen molar-refractivity contribution < 1.29 is 12.6 Å². The van der Waals surface area contributed by atoms with Crippen molar-refractivity contribution in [2.24, 2.45) is 0 Å². The number of hydrogen-bond donors (Lipinski definition) is 0. The summed E-state index contributed by atoms with van der Waals surface area (Å²) in [5.41, 5.74) is 0. The molecule has 0 aromatic carbocycles. The monoisotopic (exact) mass is 324 g/mol. The second-order valence-corrected chi connectivity index (χ2v) is 11.3. The number of carbonyl (C=O) groups is 1. The molecule has 0 aliphatic rings. The molecule has 0 spiro atoms. The molecule has 0 fully saturated rings. The molecule has 3 nitrogen and oxygen atoms in total. The first kappa shape index (κ1) is 15.2. The summed E-state index contributed by atoms with van der Waals surface area (Å²) < 4.78 is 12.7. The average molecular weight is 323 g/mol. The van der Waals surface area contributed by atoms with Gasteiger partial charge >= 0.3 is 101 Å². The first-order valence-corrected chi connectivity index (χ1v) is 11.9. The van der Waals surface area contributed by atoms with E-state index in [0.29, 0.717) is 0 Å². The van der Waals surface area contributed by atoms with Crippen LogP contribution in [0.5, 0.6) is 0 Å². The second kappa shape index (κ2) is 10.7. The Balaban J connectivity index is 3.82. The zero-order valence-electron chi connectivity index (χ0n) is 10.3. The number of ether oxygens (including phenoxy) is 1. The summed E-state index contributed by atoms with van der Waals surface area (Å²) >= 11 is -1.99. The third-order valence-corrected chi connectivity index (χ3v) is 10.0. The van der Waals surface area contributed by atoms with Crippen LogP contribution < -0.4 is 0 Å². The molecule has 0 radical (unpaired) electrons. The topological polar surface area (TPSA) is 35.5 Å². The average Bonchev–Trinajstić information content (AvgIpc) is 2.22. The van der Waals surface area contributed by atoms with Gasteiger partial charge in [-0.2, -0.15) is 0 Å². The van der Waals surface area contributed by atoms with Crippen molar-refractivity contribution in [3.8, 4) is 0 Å². The minimum absolute atomic E-state index is 0.117. The van der Waals surface area contributed by atoms with Crippen LogP contribution in [0, 0.1) is 0 Å². The number of rotatable bonds is 9. The maximum absolute atomic E-state index is 11.3. The molecule has 90 valence electrons. The predicted molar refractivity (Wildman–Crippen MR) is 64.5 cm³/mol. The molecular weight excluding hydrogens is 299 g/mol. The van der Waals surface area contributed by atoms with Crippen molar-refractivity contribution in [3.63, 3.8) is 0 Å². The Morgan fingerprint density at radius 3 is 2.07 bits per heavy atom. The Morgan fingerprint density at radius 1 is 1.13 bits per heavy atom. The van der Waals surface area contributed by atoms with Crippen molar-refractivity contribution in [2.45, 2.75) is 48.4 Å². The summed E-state index contributed by atoms with van der Waals surface area (Å²) in [5, 5.41) is 0. The van der Waals surface area contributed by atoms with Crippen LogP contribution in [0.4, 0.5) is 0 Å². The van der Waals surface area contributed by atoms with Crippen LogP contribution in [0.15, 0.2) is 0 Å². The third-order valence-electron chi connectivity index (χ3n) is 2.32. The Labute approximate surface area is 101 Å². The second-order valence-electron chi connectivity index (χ2n) is 3.83. The summed E-state index contributed by atoms with van der Waals surface area (Å²) in [6.45, 7) is 4.48. The van der Waals surface area contributed by atoms with Gasteiger partial charge in [-0.15, -0.1) is 0 Å². The molecule has 0 saturated heterocycles. The van der Waals surface area contributed by atoms with Gasteiger partial charge in [-0.1, -0.05) is 0 Å². The number of unbranched alkanes of at least 4 members (excludes halogenated alkanes) is 2. The maximum atomic E-state index is 11.3. The van der Waals surface area contributed by atoms with E-state index in [1.807, 2.05) is 0 Å². The normalized spacial score (nSPS) is 10.7. The van der Waals surface area contributed by atoms with Crippen LogP contribution in [0.2, 0.25) is 8.87 Å². The van der Waals surface area contributed by atoms with Gasteiger partial charge in [0, 0.05) is 0 Å². The van der Waals surface area contributed by atoms with Crippen molar-refractivity contribution in [3.05, 3.63) is 0 Å². The fraction of sp³-hybridized carbons (Fsp3) is 0.909. The van der Waals surface area contributed by atoms with E-state index in [0.717, 1.165) is 0 Å². The molecule has 0 N–H and O–H groups in total. The summed E-state index contributed by atoms with van der Waals surface area (Å²) in [4.78, 5) is 11.3. The van der Waals surface area contributed by atoms with Crippen LogP contribution >= 0.6 is 0 Å². The third kappa shape index (κ3) is 9.17. The van der Waals surface area contributed by atoms with Crippen LogP contribution in [0.1, 0.15) is 39.5 Å². The molecule has 4 heteroatoms. The van der Waals surface area contributed by atoms with Crippen LogP contribution in [0.3, 0.4) is 0 Å². The summed E-state index contributed by atoms with van der Waals surface area (Å²) in [6.07, 6.45) is 4.82. The van der Waals surface area contributed by atoms with E-state index in [1.165, 1.54) is 41.7 Å². The molecule has 15 heavy (non-hydrogen) atoms. The van der Waals surface area contributed by atoms with Crippen LogP contribution in [-0.2, 0) is 12.6 Å².